The van der Waals surface area contributed by atoms with Gasteiger partial charge in [-0.25, -0.2) is 0 Å². The van der Waals surface area contributed by atoms with Gasteiger partial charge in [-0.2, -0.15) is 0 Å². The van der Waals surface area contributed by atoms with E-state index in [1.165, 1.54) is 0 Å². The first-order valence-electron chi connectivity index (χ1n) is 4.79. The highest BCUT2D eigenvalue weighted by atomic mass is 16.5. The van der Waals surface area contributed by atoms with E-state index in [-0.39, 0.29) is 11.7 Å². The topological polar surface area (TPSA) is 32.7 Å². The standard InChI is InChI=1S/C10H23NO2/c1-9(12)8-11(4)7-6-10(2,3)13-5/h9,12H,6-8H2,1-5H3. The summed E-state index contributed by atoms with van der Waals surface area (Å²) >= 11 is 0. The van der Waals surface area contributed by atoms with Crippen molar-refractivity contribution in [2.45, 2.75) is 38.9 Å². The third-order valence-electron chi connectivity index (χ3n) is 2.22. The molecule has 0 aliphatic carbocycles. The Morgan fingerprint density at radius 1 is 1.46 bits per heavy atom. The largest absolute Gasteiger partial charge is 0.392 e. The number of ether oxygens (including phenoxy) is 1. The van der Waals surface area contributed by atoms with Crippen LogP contribution in [0.15, 0.2) is 0 Å². The molecule has 1 unspecified atom stereocenters. The number of rotatable bonds is 6. The van der Waals surface area contributed by atoms with Crippen LogP contribution in [0.1, 0.15) is 27.2 Å². The van der Waals surface area contributed by atoms with E-state index in [0.717, 1.165) is 19.5 Å². The Morgan fingerprint density at radius 2 is 2.00 bits per heavy atom. The van der Waals surface area contributed by atoms with Gasteiger partial charge in [-0.15, -0.1) is 0 Å². The number of nitrogens with zero attached hydrogens (tertiary/aromatic N) is 1. The lowest BCUT2D eigenvalue weighted by molar-refractivity contribution is 0.00660. The molecule has 0 radical (unpaired) electrons. The number of hydrogen-bond donors (Lipinski definition) is 1. The number of aliphatic hydroxyl groups is 1. The van der Waals surface area contributed by atoms with Gasteiger partial charge in [0.1, 0.15) is 0 Å². The van der Waals surface area contributed by atoms with Crippen LogP contribution in [-0.4, -0.2) is 49.0 Å². The second-order valence-electron chi connectivity index (χ2n) is 4.33. The molecule has 0 bridgehead atoms. The van der Waals surface area contributed by atoms with E-state index < -0.39 is 0 Å². The van der Waals surface area contributed by atoms with Crippen LogP contribution >= 0.6 is 0 Å². The van der Waals surface area contributed by atoms with Gasteiger partial charge in [0, 0.05) is 20.2 Å². The molecule has 0 spiro atoms. The van der Waals surface area contributed by atoms with Gasteiger partial charge in [0.2, 0.25) is 0 Å². The quantitative estimate of drug-likeness (QED) is 0.679. The first-order chi connectivity index (χ1) is 5.87. The summed E-state index contributed by atoms with van der Waals surface area (Å²) in [5.74, 6) is 0. The molecule has 0 aromatic rings. The highest BCUT2D eigenvalue weighted by Gasteiger charge is 2.16. The molecule has 0 amide bonds. The lowest BCUT2D eigenvalue weighted by Crippen LogP contribution is -2.33. The molecule has 13 heavy (non-hydrogen) atoms. The summed E-state index contributed by atoms with van der Waals surface area (Å²) < 4.78 is 5.30. The van der Waals surface area contributed by atoms with Crippen molar-refractivity contribution in [2.75, 3.05) is 27.2 Å². The number of hydrogen-bond acceptors (Lipinski definition) is 3. The molecule has 80 valence electrons. The fourth-order valence-corrected chi connectivity index (χ4v) is 1.10. The van der Waals surface area contributed by atoms with E-state index in [9.17, 15) is 0 Å². The molecule has 0 aliphatic heterocycles. The lowest BCUT2D eigenvalue weighted by atomic mass is 10.1. The van der Waals surface area contributed by atoms with E-state index in [2.05, 4.69) is 18.7 Å². The summed E-state index contributed by atoms with van der Waals surface area (Å²) in [4.78, 5) is 2.12. The van der Waals surface area contributed by atoms with E-state index in [4.69, 9.17) is 9.84 Å². The number of methoxy groups -OCH3 is 1. The minimum absolute atomic E-state index is 0.0625. The molecule has 0 rings (SSSR count). The highest BCUT2D eigenvalue weighted by Crippen LogP contribution is 2.12. The molecule has 0 saturated heterocycles. The number of likely N-dealkylation sites (N-methyl/N-ethyl adjacent to an activating group) is 1. The van der Waals surface area contributed by atoms with Gasteiger partial charge in [-0.3, -0.25) is 0 Å². The lowest BCUT2D eigenvalue weighted by Gasteiger charge is -2.26. The van der Waals surface area contributed by atoms with Crippen molar-refractivity contribution in [3.8, 4) is 0 Å². The van der Waals surface area contributed by atoms with Gasteiger partial charge in [-0.05, 0) is 34.2 Å². The van der Waals surface area contributed by atoms with E-state index in [1.54, 1.807) is 14.0 Å². The molecular formula is C10H23NO2. The fourth-order valence-electron chi connectivity index (χ4n) is 1.10. The van der Waals surface area contributed by atoms with Crippen LogP contribution in [0.25, 0.3) is 0 Å². The van der Waals surface area contributed by atoms with Crippen molar-refractivity contribution < 1.29 is 9.84 Å². The summed E-state index contributed by atoms with van der Waals surface area (Å²) in [5.41, 5.74) is -0.0625. The van der Waals surface area contributed by atoms with E-state index in [1.807, 2.05) is 7.05 Å². The van der Waals surface area contributed by atoms with E-state index >= 15 is 0 Å². The molecule has 1 atom stereocenters. The molecule has 0 aromatic carbocycles. The van der Waals surface area contributed by atoms with Gasteiger partial charge >= 0.3 is 0 Å². The van der Waals surface area contributed by atoms with Crippen molar-refractivity contribution in [1.82, 2.24) is 4.90 Å². The predicted molar refractivity (Wildman–Crippen MR) is 54.9 cm³/mol. The first kappa shape index (κ1) is 12.9. The molecule has 0 aromatic heterocycles. The Bertz CT molecular complexity index is 135. The zero-order valence-electron chi connectivity index (χ0n) is 9.50. The molecule has 0 heterocycles. The van der Waals surface area contributed by atoms with Crippen LogP contribution in [0.2, 0.25) is 0 Å². The minimum atomic E-state index is -0.254. The Morgan fingerprint density at radius 3 is 2.38 bits per heavy atom. The third-order valence-corrected chi connectivity index (χ3v) is 2.22. The van der Waals surface area contributed by atoms with Crippen molar-refractivity contribution >= 4 is 0 Å². The van der Waals surface area contributed by atoms with Crippen molar-refractivity contribution in [3.05, 3.63) is 0 Å². The molecule has 0 aliphatic rings. The average molecular weight is 189 g/mol. The normalized spacial score (nSPS) is 15.0. The van der Waals surface area contributed by atoms with Crippen molar-refractivity contribution in [2.24, 2.45) is 0 Å². The average Bonchev–Trinajstić information content (AvgIpc) is 2.00. The van der Waals surface area contributed by atoms with Crippen LogP contribution in [0.4, 0.5) is 0 Å². The zero-order valence-corrected chi connectivity index (χ0v) is 9.50. The Labute approximate surface area is 81.7 Å². The SMILES string of the molecule is COC(C)(C)CCN(C)CC(C)O. The summed E-state index contributed by atoms with van der Waals surface area (Å²) in [7, 11) is 3.74. The van der Waals surface area contributed by atoms with Gasteiger partial charge in [-0.1, -0.05) is 0 Å². The summed E-state index contributed by atoms with van der Waals surface area (Å²) in [5, 5.41) is 9.14. The second kappa shape index (κ2) is 5.58. The van der Waals surface area contributed by atoms with Crippen LogP contribution in [-0.2, 0) is 4.74 Å². The summed E-state index contributed by atoms with van der Waals surface area (Å²) in [6, 6.07) is 0. The van der Waals surface area contributed by atoms with Crippen molar-refractivity contribution in [1.29, 1.82) is 0 Å². The molecule has 0 fully saturated rings. The smallest absolute Gasteiger partial charge is 0.0638 e. The Balaban J connectivity index is 3.63. The maximum Gasteiger partial charge on any atom is 0.0638 e. The number of aliphatic hydroxyl groups excluding tert-OH is 1. The van der Waals surface area contributed by atoms with E-state index in [0.29, 0.717) is 0 Å². The maximum atomic E-state index is 9.14. The van der Waals surface area contributed by atoms with Crippen LogP contribution < -0.4 is 0 Å². The third kappa shape index (κ3) is 6.99. The fraction of sp³-hybridized carbons (Fsp3) is 1.00. The first-order valence-corrected chi connectivity index (χ1v) is 4.79. The van der Waals surface area contributed by atoms with Gasteiger partial charge in [0.15, 0.2) is 0 Å². The molecule has 3 heteroatoms. The summed E-state index contributed by atoms with van der Waals surface area (Å²) in [6.07, 6.45) is 0.725. The Kier molecular flexibility index (Phi) is 5.53. The molecular weight excluding hydrogens is 166 g/mol. The summed E-state index contributed by atoms with van der Waals surface area (Å²) in [6.45, 7) is 7.62. The van der Waals surface area contributed by atoms with Crippen molar-refractivity contribution in [3.63, 3.8) is 0 Å². The van der Waals surface area contributed by atoms with Crippen LogP contribution in [0.3, 0.4) is 0 Å². The molecule has 1 N–H and O–H groups in total. The zero-order chi connectivity index (χ0) is 10.5. The minimum Gasteiger partial charge on any atom is -0.392 e. The van der Waals surface area contributed by atoms with Gasteiger partial charge < -0.3 is 14.7 Å². The maximum absolute atomic E-state index is 9.14. The monoisotopic (exact) mass is 189 g/mol. The molecule has 3 nitrogen and oxygen atoms in total. The van der Waals surface area contributed by atoms with Gasteiger partial charge in [0.25, 0.3) is 0 Å². The van der Waals surface area contributed by atoms with Crippen LogP contribution in [0, 0.1) is 0 Å². The van der Waals surface area contributed by atoms with Crippen LogP contribution in [0.5, 0.6) is 0 Å². The predicted octanol–water partition coefficient (Wildman–Crippen LogP) is 1.11. The second-order valence-corrected chi connectivity index (χ2v) is 4.33. The Hall–Kier alpha value is -0.120. The highest BCUT2D eigenvalue weighted by molar-refractivity contribution is 4.70. The van der Waals surface area contributed by atoms with Gasteiger partial charge in [0.05, 0.1) is 11.7 Å². The molecule has 0 saturated carbocycles.